The van der Waals surface area contributed by atoms with Gasteiger partial charge in [0.05, 0.1) is 24.1 Å². The number of piperidine rings is 1. The molecule has 1 aliphatic heterocycles. The van der Waals surface area contributed by atoms with Gasteiger partial charge in [0.2, 0.25) is 0 Å². The lowest BCUT2D eigenvalue weighted by Gasteiger charge is -2.23. The number of benzene rings is 2. The largest absolute Gasteiger partial charge is 0.496 e. The van der Waals surface area contributed by atoms with Gasteiger partial charge in [-0.3, -0.25) is 4.79 Å². The van der Waals surface area contributed by atoms with Crippen molar-refractivity contribution in [2.75, 3.05) is 33.0 Å². The first kappa shape index (κ1) is 22.8. The maximum absolute atomic E-state index is 13.0. The van der Waals surface area contributed by atoms with E-state index in [-0.39, 0.29) is 11.9 Å². The number of nitrogens with one attached hydrogen (secondary N) is 1. The normalized spacial score (nSPS) is 15.8. The summed E-state index contributed by atoms with van der Waals surface area (Å²) in [5.41, 5.74) is 10.3. The summed E-state index contributed by atoms with van der Waals surface area (Å²) in [5, 5.41) is 9.15. The van der Waals surface area contributed by atoms with Crippen LogP contribution in [-0.4, -0.2) is 57.8 Å². The molecule has 180 valence electrons. The summed E-state index contributed by atoms with van der Waals surface area (Å²) in [6.45, 7) is 2.34. The number of hydrogen-bond donors (Lipinski definition) is 2. The fourth-order valence-electron chi connectivity index (χ4n) is 4.63. The third kappa shape index (κ3) is 4.42. The Morgan fingerprint density at radius 3 is 2.74 bits per heavy atom. The van der Waals surface area contributed by atoms with Crippen LogP contribution in [0, 0.1) is 0 Å². The molecular weight excluding hydrogens is 442 g/mol. The van der Waals surface area contributed by atoms with Crippen LogP contribution >= 0.6 is 0 Å². The number of nitrogen functional groups attached to an aromatic ring is 1. The minimum absolute atomic E-state index is 0.0951. The minimum Gasteiger partial charge on any atom is -0.496 e. The number of aromatic nitrogens is 4. The molecule has 1 saturated heterocycles. The van der Waals surface area contributed by atoms with E-state index in [2.05, 4.69) is 15.3 Å². The predicted octanol–water partition coefficient (Wildman–Crippen LogP) is 3.28. The summed E-state index contributed by atoms with van der Waals surface area (Å²) in [6, 6.07) is 15.5. The minimum atomic E-state index is -0.0951. The van der Waals surface area contributed by atoms with Crippen molar-refractivity contribution >= 4 is 22.8 Å². The zero-order valence-electron chi connectivity index (χ0n) is 19.9. The van der Waals surface area contributed by atoms with Crippen molar-refractivity contribution in [2.24, 2.45) is 0 Å². The maximum Gasteiger partial charge on any atom is 0.257 e. The highest BCUT2D eigenvalue weighted by Gasteiger charge is 2.23. The average molecular weight is 472 g/mol. The van der Waals surface area contributed by atoms with E-state index in [1.54, 1.807) is 31.2 Å². The molecule has 0 aliphatic carbocycles. The van der Waals surface area contributed by atoms with Crippen molar-refractivity contribution in [2.45, 2.75) is 25.4 Å². The van der Waals surface area contributed by atoms with E-state index in [0.29, 0.717) is 23.7 Å². The second kappa shape index (κ2) is 9.71. The summed E-state index contributed by atoms with van der Waals surface area (Å²) in [4.78, 5) is 23.4. The van der Waals surface area contributed by atoms with Crippen LogP contribution < -0.4 is 15.8 Å². The number of fused-ring (bicyclic) bond motifs is 1. The number of rotatable bonds is 6. The number of nitrogens with two attached hydrogens (primary N) is 1. The second-order valence-electron chi connectivity index (χ2n) is 8.81. The van der Waals surface area contributed by atoms with Crippen molar-refractivity contribution in [3.63, 3.8) is 0 Å². The Kier molecular flexibility index (Phi) is 6.33. The maximum atomic E-state index is 13.0. The first-order valence-electron chi connectivity index (χ1n) is 11.7. The van der Waals surface area contributed by atoms with Gasteiger partial charge in [-0.05, 0) is 37.1 Å². The summed E-state index contributed by atoms with van der Waals surface area (Å²) in [5.74, 6) is 0.892. The van der Waals surface area contributed by atoms with E-state index in [1.165, 1.54) is 6.33 Å². The van der Waals surface area contributed by atoms with Crippen LogP contribution in [0.2, 0.25) is 0 Å². The van der Waals surface area contributed by atoms with Crippen molar-refractivity contribution in [1.82, 2.24) is 30.0 Å². The molecule has 2 aromatic heterocycles. The Balaban J connectivity index is 1.41. The van der Waals surface area contributed by atoms with Crippen LogP contribution in [0.15, 0.2) is 54.9 Å². The lowest BCUT2D eigenvalue weighted by Crippen LogP contribution is -2.32. The molecule has 0 radical (unpaired) electrons. The summed E-state index contributed by atoms with van der Waals surface area (Å²) in [7, 11) is 3.35. The zero-order valence-corrected chi connectivity index (χ0v) is 19.9. The summed E-state index contributed by atoms with van der Waals surface area (Å²) >= 11 is 0. The molecule has 1 fully saturated rings. The highest BCUT2D eigenvalue weighted by atomic mass is 16.5. The third-order valence-corrected chi connectivity index (χ3v) is 6.47. The number of methoxy groups -OCH3 is 1. The fraction of sp³-hybridized carbons (Fsp3) is 0.308. The molecule has 0 spiro atoms. The van der Waals surface area contributed by atoms with Crippen molar-refractivity contribution in [1.29, 1.82) is 0 Å². The Hall–Kier alpha value is -3.98. The highest BCUT2D eigenvalue weighted by Crippen LogP contribution is 2.33. The van der Waals surface area contributed by atoms with E-state index in [0.717, 1.165) is 53.8 Å². The van der Waals surface area contributed by atoms with Gasteiger partial charge in [-0.25, -0.2) is 14.6 Å². The van der Waals surface area contributed by atoms with Crippen LogP contribution in [0.25, 0.3) is 22.3 Å². The van der Waals surface area contributed by atoms with Gasteiger partial charge in [0.25, 0.3) is 5.91 Å². The van der Waals surface area contributed by atoms with Gasteiger partial charge in [0.1, 0.15) is 23.6 Å². The SMILES string of the molecule is COc1ccccc1C(=O)N(C)Cc1ccc(-c2nn([C@@H]3CCCNC3)c3ncnc(N)c23)cc1. The topological polar surface area (TPSA) is 111 Å². The molecule has 4 aromatic rings. The Morgan fingerprint density at radius 2 is 2.00 bits per heavy atom. The number of amides is 1. The number of carbonyl (C=O) groups is 1. The molecular formula is C26H29N7O2. The molecule has 9 heteroatoms. The summed E-state index contributed by atoms with van der Waals surface area (Å²) < 4.78 is 7.33. The number of anilines is 1. The van der Waals surface area contributed by atoms with Gasteiger partial charge in [-0.1, -0.05) is 36.4 Å². The number of ether oxygens (including phenoxy) is 1. The monoisotopic (exact) mass is 471 g/mol. The molecule has 1 atom stereocenters. The third-order valence-electron chi connectivity index (χ3n) is 6.47. The molecule has 35 heavy (non-hydrogen) atoms. The number of nitrogens with zero attached hydrogens (tertiary/aromatic N) is 5. The van der Waals surface area contributed by atoms with Crippen LogP contribution in [0.5, 0.6) is 5.75 Å². The van der Waals surface area contributed by atoms with Crippen LogP contribution in [0.4, 0.5) is 5.82 Å². The van der Waals surface area contributed by atoms with Gasteiger partial charge >= 0.3 is 0 Å². The first-order valence-corrected chi connectivity index (χ1v) is 11.7. The second-order valence-corrected chi connectivity index (χ2v) is 8.81. The number of hydrogen-bond acceptors (Lipinski definition) is 7. The van der Waals surface area contributed by atoms with E-state index in [9.17, 15) is 4.79 Å². The fourth-order valence-corrected chi connectivity index (χ4v) is 4.63. The van der Waals surface area contributed by atoms with Gasteiger partial charge in [0, 0.05) is 25.7 Å². The van der Waals surface area contributed by atoms with Crippen LogP contribution in [0.1, 0.15) is 34.8 Å². The zero-order chi connectivity index (χ0) is 24.4. The number of para-hydroxylation sites is 1. The molecule has 0 unspecified atom stereocenters. The molecule has 1 amide bonds. The van der Waals surface area contributed by atoms with E-state index in [4.69, 9.17) is 15.6 Å². The van der Waals surface area contributed by atoms with E-state index in [1.807, 2.05) is 41.1 Å². The van der Waals surface area contributed by atoms with Crippen molar-refractivity contribution in [3.8, 4) is 17.0 Å². The van der Waals surface area contributed by atoms with E-state index >= 15 is 0 Å². The lowest BCUT2D eigenvalue weighted by atomic mass is 10.1. The predicted molar refractivity (Wildman–Crippen MR) is 135 cm³/mol. The standard InChI is InChI=1S/C26H29N7O2/c1-32(26(34)20-7-3-4-8-21(20)35-2)15-17-9-11-18(12-10-17)23-22-24(27)29-16-30-25(22)33(31-23)19-6-5-13-28-14-19/h3-4,7-12,16,19,28H,5-6,13-15H2,1-2H3,(H2,27,29,30)/t19-/m1/s1. The van der Waals surface area contributed by atoms with E-state index < -0.39 is 0 Å². The summed E-state index contributed by atoms with van der Waals surface area (Å²) in [6.07, 6.45) is 3.63. The molecule has 0 bridgehead atoms. The van der Waals surface area contributed by atoms with Crippen molar-refractivity contribution < 1.29 is 9.53 Å². The smallest absolute Gasteiger partial charge is 0.257 e. The Morgan fingerprint density at radius 1 is 1.20 bits per heavy atom. The van der Waals surface area contributed by atoms with Gasteiger partial charge in [-0.15, -0.1) is 0 Å². The van der Waals surface area contributed by atoms with Crippen LogP contribution in [-0.2, 0) is 6.54 Å². The molecule has 3 heterocycles. The highest BCUT2D eigenvalue weighted by molar-refractivity contribution is 5.98. The van der Waals surface area contributed by atoms with Gasteiger partial charge in [0.15, 0.2) is 5.65 Å². The molecule has 3 N–H and O–H groups in total. The average Bonchev–Trinajstić information content (AvgIpc) is 3.30. The Labute approximate surface area is 203 Å². The molecule has 9 nitrogen and oxygen atoms in total. The van der Waals surface area contributed by atoms with Gasteiger partial charge < -0.3 is 20.7 Å². The quantitative estimate of drug-likeness (QED) is 0.444. The van der Waals surface area contributed by atoms with Gasteiger partial charge in [-0.2, -0.15) is 5.10 Å². The molecule has 2 aromatic carbocycles. The Bertz CT molecular complexity index is 1340. The molecule has 1 aliphatic rings. The molecule has 0 saturated carbocycles. The molecule has 5 rings (SSSR count). The lowest BCUT2D eigenvalue weighted by molar-refractivity contribution is 0.0781. The number of carbonyl (C=O) groups excluding carboxylic acids is 1. The first-order chi connectivity index (χ1) is 17.1. The van der Waals surface area contributed by atoms with Crippen molar-refractivity contribution in [3.05, 3.63) is 66.0 Å². The van der Waals surface area contributed by atoms with Crippen LogP contribution in [0.3, 0.4) is 0 Å².